The van der Waals surface area contributed by atoms with E-state index < -0.39 is 29.3 Å². The van der Waals surface area contributed by atoms with E-state index in [1.807, 2.05) is 0 Å². The van der Waals surface area contributed by atoms with Crippen molar-refractivity contribution in [2.45, 2.75) is 13.0 Å². The molecule has 1 N–H and O–H groups in total. The van der Waals surface area contributed by atoms with Crippen LogP contribution in [0.25, 0.3) is 0 Å². The lowest BCUT2D eigenvalue weighted by molar-refractivity contribution is -0.117. The van der Waals surface area contributed by atoms with E-state index >= 15 is 0 Å². The van der Waals surface area contributed by atoms with Crippen LogP contribution in [0.5, 0.6) is 0 Å². The van der Waals surface area contributed by atoms with Gasteiger partial charge in [0, 0.05) is 5.56 Å². The van der Waals surface area contributed by atoms with Crippen LogP contribution in [0.4, 0.5) is 9.52 Å². The number of benzene rings is 1. The van der Waals surface area contributed by atoms with Crippen molar-refractivity contribution in [2.24, 2.45) is 0 Å². The van der Waals surface area contributed by atoms with E-state index in [0.29, 0.717) is 5.01 Å². The summed E-state index contributed by atoms with van der Waals surface area (Å²) in [6, 6.07) is 7.46. The predicted molar refractivity (Wildman–Crippen MR) is 94.0 cm³/mol. The smallest absolute Gasteiger partial charge is 0.296 e. The summed E-state index contributed by atoms with van der Waals surface area (Å²) in [5.74, 6) is -3.02. The van der Waals surface area contributed by atoms with Crippen molar-refractivity contribution in [2.75, 3.05) is 4.90 Å². The molecule has 1 aliphatic heterocycles. The largest absolute Gasteiger partial charge is 0.503 e. The third-order valence-electron chi connectivity index (χ3n) is 4.12. The molecule has 7 nitrogen and oxygen atoms in total. The highest BCUT2D eigenvalue weighted by Crippen LogP contribution is 2.43. The Hall–Kier alpha value is -3.33. The first kappa shape index (κ1) is 17.1. The van der Waals surface area contributed by atoms with Gasteiger partial charge in [-0.2, -0.15) is 0 Å². The lowest BCUT2D eigenvalue weighted by Gasteiger charge is -2.24. The summed E-state index contributed by atoms with van der Waals surface area (Å²) < 4.78 is 19.7. The lowest BCUT2D eigenvalue weighted by Crippen LogP contribution is -2.31. The third-order valence-corrected chi connectivity index (χ3v) is 4.96. The topological polar surface area (TPSA) is 96.5 Å². The van der Waals surface area contributed by atoms with E-state index in [4.69, 9.17) is 4.42 Å². The highest BCUT2D eigenvalue weighted by atomic mass is 32.1. The molecular formula is C18H12FN3O4S. The molecule has 1 aromatic carbocycles. The third kappa shape index (κ3) is 2.72. The van der Waals surface area contributed by atoms with Crippen LogP contribution < -0.4 is 4.90 Å². The number of hydrogen-bond donors (Lipinski definition) is 1. The molecular weight excluding hydrogens is 373 g/mol. The molecule has 1 atom stereocenters. The Bertz CT molecular complexity index is 1070. The first-order chi connectivity index (χ1) is 13.0. The molecule has 1 aliphatic rings. The summed E-state index contributed by atoms with van der Waals surface area (Å²) in [4.78, 5) is 26.7. The van der Waals surface area contributed by atoms with E-state index in [1.165, 1.54) is 36.6 Å². The molecule has 0 aliphatic carbocycles. The van der Waals surface area contributed by atoms with Crippen molar-refractivity contribution >= 4 is 28.2 Å². The van der Waals surface area contributed by atoms with Crippen LogP contribution in [0.2, 0.25) is 0 Å². The Balaban J connectivity index is 1.91. The quantitative estimate of drug-likeness (QED) is 0.692. The summed E-state index contributed by atoms with van der Waals surface area (Å²) in [5, 5.41) is 19.0. The fraction of sp³-hybridized carbons (Fsp3) is 0.111. The zero-order valence-corrected chi connectivity index (χ0v) is 14.7. The van der Waals surface area contributed by atoms with Gasteiger partial charge in [0.15, 0.2) is 11.5 Å². The number of aromatic nitrogens is 2. The maximum atomic E-state index is 14.6. The predicted octanol–water partition coefficient (Wildman–Crippen LogP) is 3.36. The van der Waals surface area contributed by atoms with E-state index in [-0.39, 0.29) is 22.0 Å². The number of hydrogen-bond acceptors (Lipinski definition) is 7. The fourth-order valence-electron chi connectivity index (χ4n) is 2.95. The fourth-order valence-corrected chi connectivity index (χ4v) is 3.66. The molecule has 136 valence electrons. The Morgan fingerprint density at radius 1 is 1.26 bits per heavy atom. The molecule has 0 saturated carbocycles. The standard InChI is InChI=1S/C18H12FN3O4S/c1-9-20-21-18(27-9)22-14(10-5-2-3-6-11(10)19)13(16(24)17(22)25)15(23)12-7-4-8-26-12/h2-8,14,24H,1H3/t14-/m0/s1. The van der Waals surface area contributed by atoms with Crippen LogP contribution in [-0.2, 0) is 4.79 Å². The number of ketones is 1. The van der Waals surface area contributed by atoms with Crippen LogP contribution >= 0.6 is 11.3 Å². The van der Waals surface area contributed by atoms with Gasteiger partial charge in [0.2, 0.25) is 10.9 Å². The molecule has 0 unspecified atom stereocenters. The number of rotatable bonds is 4. The van der Waals surface area contributed by atoms with Gasteiger partial charge in [-0.05, 0) is 25.1 Å². The van der Waals surface area contributed by atoms with Crippen LogP contribution in [0.3, 0.4) is 0 Å². The maximum absolute atomic E-state index is 14.6. The number of anilines is 1. The number of amides is 1. The molecule has 4 rings (SSSR count). The van der Waals surface area contributed by atoms with Crippen LogP contribution in [0.15, 0.2) is 58.4 Å². The molecule has 0 fully saturated rings. The average molecular weight is 385 g/mol. The molecule has 3 aromatic rings. The summed E-state index contributed by atoms with van der Waals surface area (Å²) in [7, 11) is 0. The minimum Gasteiger partial charge on any atom is -0.503 e. The van der Waals surface area contributed by atoms with Crippen LogP contribution in [0.1, 0.15) is 27.2 Å². The van der Waals surface area contributed by atoms with Gasteiger partial charge in [0.05, 0.1) is 11.8 Å². The number of aryl methyl sites for hydroxylation is 1. The summed E-state index contributed by atoms with van der Waals surface area (Å²) in [6.45, 7) is 1.70. The zero-order valence-electron chi connectivity index (χ0n) is 13.9. The van der Waals surface area contributed by atoms with Gasteiger partial charge in [0.25, 0.3) is 5.91 Å². The molecule has 1 amide bonds. The second kappa shape index (κ2) is 6.44. The van der Waals surface area contributed by atoms with Gasteiger partial charge in [-0.15, -0.1) is 10.2 Å². The van der Waals surface area contributed by atoms with Gasteiger partial charge in [-0.25, -0.2) is 4.39 Å². The second-order valence-corrected chi connectivity index (χ2v) is 6.93. The molecule has 0 radical (unpaired) electrons. The molecule has 0 saturated heterocycles. The Labute approximate surface area is 156 Å². The van der Waals surface area contributed by atoms with Crippen molar-refractivity contribution in [3.63, 3.8) is 0 Å². The molecule has 9 heteroatoms. The molecule has 0 bridgehead atoms. The van der Waals surface area contributed by atoms with Crippen molar-refractivity contribution in [3.05, 3.63) is 76.1 Å². The lowest BCUT2D eigenvalue weighted by atomic mass is 9.95. The number of halogens is 1. The van der Waals surface area contributed by atoms with Crippen molar-refractivity contribution in [3.8, 4) is 0 Å². The van der Waals surface area contributed by atoms with Gasteiger partial charge in [-0.3, -0.25) is 14.5 Å². The van der Waals surface area contributed by atoms with Crippen molar-refractivity contribution in [1.29, 1.82) is 0 Å². The normalized spacial score (nSPS) is 17.0. The average Bonchev–Trinajstić information content (AvgIpc) is 3.37. The summed E-state index contributed by atoms with van der Waals surface area (Å²) >= 11 is 1.09. The first-order valence-electron chi connectivity index (χ1n) is 7.88. The Morgan fingerprint density at radius 2 is 2.04 bits per heavy atom. The zero-order chi connectivity index (χ0) is 19.1. The SMILES string of the molecule is Cc1nnc(N2C(=O)C(O)=C(C(=O)c3ccco3)[C@@H]2c2ccccc2F)s1. The van der Waals surface area contributed by atoms with Crippen LogP contribution in [-0.4, -0.2) is 27.0 Å². The number of aliphatic hydroxyl groups excluding tert-OH is 1. The monoisotopic (exact) mass is 385 g/mol. The van der Waals surface area contributed by atoms with E-state index in [1.54, 1.807) is 13.0 Å². The van der Waals surface area contributed by atoms with Gasteiger partial charge >= 0.3 is 0 Å². The number of aliphatic hydroxyl groups is 1. The number of Topliss-reactive ketones (excluding diaryl/α,β-unsaturated/α-hetero) is 1. The summed E-state index contributed by atoms with van der Waals surface area (Å²) in [5.41, 5.74) is -0.217. The van der Waals surface area contributed by atoms with E-state index in [9.17, 15) is 19.1 Å². The second-order valence-electron chi connectivity index (χ2n) is 5.77. The van der Waals surface area contributed by atoms with Crippen molar-refractivity contribution < 1.29 is 23.5 Å². The Kier molecular flexibility index (Phi) is 4.08. The highest BCUT2D eigenvalue weighted by Gasteiger charge is 2.47. The number of carbonyl (C=O) groups is 2. The minimum absolute atomic E-state index is 0.0534. The van der Waals surface area contributed by atoms with E-state index in [2.05, 4.69) is 10.2 Å². The highest BCUT2D eigenvalue weighted by molar-refractivity contribution is 7.15. The number of furan rings is 1. The van der Waals surface area contributed by atoms with Gasteiger partial charge in [0.1, 0.15) is 16.9 Å². The number of nitrogens with zero attached hydrogens (tertiary/aromatic N) is 3. The number of carbonyl (C=O) groups excluding carboxylic acids is 2. The Morgan fingerprint density at radius 3 is 2.67 bits per heavy atom. The maximum Gasteiger partial charge on any atom is 0.296 e. The first-order valence-corrected chi connectivity index (χ1v) is 8.70. The van der Waals surface area contributed by atoms with E-state index in [0.717, 1.165) is 16.2 Å². The van der Waals surface area contributed by atoms with Gasteiger partial charge in [-0.1, -0.05) is 29.5 Å². The molecule has 2 aromatic heterocycles. The summed E-state index contributed by atoms with van der Waals surface area (Å²) in [6.07, 6.45) is 1.30. The van der Waals surface area contributed by atoms with Gasteiger partial charge < -0.3 is 9.52 Å². The molecule has 0 spiro atoms. The minimum atomic E-state index is -1.19. The van der Waals surface area contributed by atoms with Crippen molar-refractivity contribution in [1.82, 2.24) is 10.2 Å². The van der Waals surface area contributed by atoms with Crippen LogP contribution in [0, 0.1) is 12.7 Å². The molecule has 3 heterocycles. The molecule has 27 heavy (non-hydrogen) atoms.